The van der Waals surface area contributed by atoms with E-state index < -0.39 is 5.97 Å². The first-order valence-corrected chi connectivity index (χ1v) is 10.2. The van der Waals surface area contributed by atoms with Gasteiger partial charge in [0.25, 0.3) is 5.91 Å². The highest BCUT2D eigenvalue weighted by atomic mass is 32.2. The van der Waals surface area contributed by atoms with Gasteiger partial charge in [0.2, 0.25) is 5.91 Å². The van der Waals surface area contributed by atoms with Crippen LogP contribution in [0.2, 0.25) is 0 Å². The minimum atomic E-state index is -1.32. The second kappa shape index (κ2) is 9.64. The van der Waals surface area contributed by atoms with Gasteiger partial charge in [-0.1, -0.05) is 48.2 Å². The van der Waals surface area contributed by atoms with Gasteiger partial charge in [0.15, 0.2) is 0 Å². The molecule has 1 aliphatic heterocycles. The van der Waals surface area contributed by atoms with E-state index in [1.165, 1.54) is 35.2 Å². The molecule has 0 radical (unpaired) electrons. The fourth-order valence-corrected chi connectivity index (χ4v) is 4.06. The van der Waals surface area contributed by atoms with Gasteiger partial charge in [0.05, 0.1) is 10.9 Å². The number of carbonyl (C=O) groups excluding carboxylic acids is 3. The number of thioether (sulfide) groups is 1. The summed E-state index contributed by atoms with van der Waals surface area (Å²) >= 11 is 6.42. The number of carboxylic acid groups (broad SMARTS) is 1. The maximum absolute atomic E-state index is 13.0. The molecule has 2 amide bonds. The molecule has 0 unspecified atom stereocenters. The molecule has 0 bridgehead atoms. The lowest BCUT2D eigenvalue weighted by Crippen LogP contribution is -2.29. The van der Waals surface area contributed by atoms with Crippen LogP contribution in [-0.4, -0.2) is 33.5 Å². The van der Waals surface area contributed by atoms with Gasteiger partial charge < -0.3 is 15.2 Å². The van der Waals surface area contributed by atoms with E-state index in [1.807, 2.05) is 0 Å². The summed E-state index contributed by atoms with van der Waals surface area (Å²) in [5.41, 5.74) is 1.02. The molecule has 154 valence electrons. The number of anilines is 1. The molecule has 1 aliphatic rings. The van der Waals surface area contributed by atoms with Crippen LogP contribution >= 0.6 is 24.0 Å². The average molecular weight is 444 g/mol. The zero-order chi connectivity index (χ0) is 21.7. The Morgan fingerprint density at radius 1 is 1.20 bits per heavy atom. The molecule has 1 N–H and O–H groups in total. The minimum absolute atomic E-state index is 0.0293. The quantitative estimate of drug-likeness (QED) is 0.523. The van der Waals surface area contributed by atoms with E-state index in [1.54, 1.807) is 24.3 Å². The predicted octanol–water partition coefficient (Wildman–Crippen LogP) is 2.81. The number of rotatable bonds is 7. The van der Waals surface area contributed by atoms with Gasteiger partial charge >= 0.3 is 0 Å². The highest BCUT2D eigenvalue weighted by molar-refractivity contribution is 8.26. The number of benzene rings is 2. The van der Waals surface area contributed by atoms with Crippen LogP contribution in [0.3, 0.4) is 0 Å². The van der Waals surface area contributed by atoms with Crippen molar-refractivity contribution in [2.75, 3.05) is 11.9 Å². The predicted molar refractivity (Wildman–Crippen MR) is 115 cm³/mol. The average Bonchev–Trinajstić information content (AvgIpc) is 2.97. The number of thiocarbonyl (C=S) groups is 1. The summed E-state index contributed by atoms with van der Waals surface area (Å²) in [5, 5.41) is 13.5. The Kier molecular flexibility index (Phi) is 6.96. The van der Waals surface area contributed by atoms with Crippen LogP contribution in [0.25, 0.3) is 6.08 Å². The number of aromatic carboxylic acids is 1. The molecule has 6 nitrogen and oxygen atoms in total. The van der Waals surface area contributed by atoms with Crippen molar-refractivity contribution in [3.8, 4) is 0 Å². The van der Waals surface area contributed by atoms with Crippen molar-refractivity contribution in [2.24, 2.45) is 0 Å². The third-order valence-electron chi connectivity index (χ3n) is 4.21. The highest BCUT2D eigenvalue weighted by Crippen LogP contribution is 2.32. The van der Waals surface area contributed by atoms with Gasteiger partial charge in [-0.15, -0.1) is 0 Å². The summed E-state index contributed by atoms with van der Waals surface area (Å²) in [6.45, 7) is 0.276. The first-order valence-electron chi connectivity index (χ1n) is 8.95. The molecule has 9 heteroatoms. The molecule has 0 aliphatic carbocycles. The number of nitrogens with zero attached hydrogens (tertiary/aromatic N) is 1. The summed E-state index contributed by atoms with van der Waals surface area (Å²) in [7, 11) is 0. The Balaban J connectivity index is 1.53. The van der Waals surface area contributed by atoms with Crippen molar-refractivity contribution in [1.82, 2.24) is 4.90 Å². The lowest BCUT2D eigenvalue weighted by Gasteiger charge is -2.14. The summed E-state index contributed by atoms with van der Waals surface area (Å²) < 4.78 is 13.4. The van der Waals surface area contributed by atoms with Crippen LogP contribution in [-0.2, 0) is 9.59 Å². The zero-order valence-corrected chi connectivity index (χ0v) is 17.2. The van der Waals surface area contributed by atoms with E-state index in [0.717, 1.165) is 11.8 Å². The SMILES string of the molecule is O=C(CCCN1C(=O)/C(=C/c2ccc(F)cc2)SC1=S)Nc1cccc(C(=O)[O-])c1. The first kappa shape index (κ1) is 21.7. The Bertz CT molecular complexity index is 1040. The van der Waals surface area contributed by atoms with Crippen molar-refractivity contribution in [2.45, 2.75) is 12.8 Å². The Morgan fingerprint density at radius 3 is 2.63 bits per heavy atom. The maximum atomic E-state index is 13.0. The number of carbonyl (C=O) groups is 3. The fraction of sp³-hybridized carbons (Fsp3) is 0.143. The van der Waals surface area contributed by atoms with E-state index in [4.69, 9.17) is 12.2 Å². The van der Waals surface area contributed by atoms with Gasteiger partial charge in [-0.05, 0) is 47.9 Å². The van der Waals surface area contributed by atoms with E-state index in [0.29, 0.717) is 26.9 Å². The third-order valence-corrected chi connectivity index (χ3v) is 5.59. The molecule has 1 saturated heterocycles. The monoisotopic (exact) mass is 443 g/mol. The second-order valence-corrected chi connectivity index (χ2v) is 8.08. The van der Waals surface area contributed by atoms with E-state index in [9.17, 15) is 23.9 Å². The Labute approximate surface area is 181 Å². The molecule has 3 rings (SSSR count). The number of hydrogen-bond donors (Lipinski definition) is 1. The number of halogens is 1. The normalized spacial score (nSPS) is 15.0. The zero-order valence-electron chi connectivity index (χ0n) is 15.6. The first-order chi connectivity index (χ1) is 14.3. The van der Waals surface area contributed by atoms with Gasteiger partial charge in [-0.3, -0.25) is 14.5 Å². The van der Waals surface area contributed by atoms with Crippen LogP contribution in [0.5, 0.6) is 0 Å². The fourth-order valence-electron chi connectivity index (χ4n) is 2.75. The van der Waals surface area contributed by atoms with Crippen molar-refractivity contribution in [1.29, 1.82) is 0 Å². The molecule has 0 aromatic heterocycles. The molecular formula is C21H16FN2O4S2-. The van der Waals surface area contributed by atoms with Crippen LogP contribution in [0.15, 0.2) is 53.4 Å². The number of amides is 2. The molecule has 2 aromatic rings. The van der Waals surface area contributed by atoms with Crippen LogP contribution in [0.1, 0.15) is 28.8 Å². The van der Waals surface area contributed by atoms with Crippen LogP contribution < -0.4 is 10.4 Å². The van der Waals surface area contributed by atoms with Crippen LogP contribution in [0.4, 0.5) is 10.1 Å². The second-order valence-electron chi connectivity index (χ2n) is 6.40. The van der Waals surface area contributed by atoms with Crippen molar-refractivity contribution in [3.63, 3.8) is 0 Å². The van der Waals surface area contributed by atoms with Gasteiger partial charge in [-0.25, -0.2) is 4.39 Å². The van der Waals surface area contributed by atoms with Gasteiger partial charge in [-0.2, -0.15) is 0 Å². The molecule has 1 heterocycles. The summed E-state index contributed by atoms with van der Waals surface area (Å²) in [6.07, 6.45) is 2.15. The third kappa shape index (κ3) is 5.52. The standard InChI is InChI=1S/C21H17FN2O4S2/c22-15-8-6-13(7-9-15)11-17-19(26)24(21(29)30-17)10-2-5-18(25)23-16-4-1-3-14(12-16)20(27)28/h1,3-4,6-9,11-12H,2,5,10H2,(H,23,25)(H,27,28)/p-1/b17-11-. The molecule has 30 heavy (non-hydrogen) atoms. The molecular weight excluding hydrogens is 427 g/mol. The lowest BCUT2D eigenvalue weighted by molar-refractivity contribution is -0.255. The molecule has 0 spiro atoms. The molecule has 2 aromatic carbocycles. The van der Waals surface area contributed by atoms with E-state index in [2.05, 4.69) is 5.32 Å². The van der Waals surface area contributed by atoms with E-state index in [-0.39, 0.29) is 36.2 Å². The Hall–Kier alpha value is -3.04. The van der Waals surface area contributed by atoms with Crippen molar-refractivity contribution >= 4 is 57.8 Å². The minimum Gasteiger partial charge on any atom is -0.545 e. The number of carboxylic acids is 1. The Morgan fingerprint density at radius 2 is 1.93 bits per heavy atom. The van der Waals surface area contributed by atoms with Crippen molar-refractivity contribution in [3.05, 3.63) is 70.4 Å². The molecule has 1 fully saturated rings. The largest absolute Gasteiger partial charge is 0.545 e. The van der Waals surface area contributed by atoms with Gasteiger partial charge in [0.1, 0.15) is 10.1 Å². The van der Waals surface area contributed by atoms with Crippen LogP contribution in [0, 0.1) is 5.82 Å². The van der Waals surface area contributed by atoms with Gasteiger partial charge in [0, 0.05) is 18.7 Å². The smallest absolute Gasteiger partial charge is 0.266 e. The number of hydrogen-bond acceptors (Lipinski definition) is 6. The highest BCUT2D eigenvalue weighted by Gasteiger charge is 2.31. The summed E-state index contributed by atoms with van der Waals surface area (Å²) in [5.74, 6) is -2.24. The van der Waals surface area contributed by atoms with E-state index >= 15 is 0 Å². The van der Waals surface area contributed by atoms with Crippen molar-refractivity contribution < 1.29 is 23.9 Å². The maximum Gasteiger partial charge on any atom is 0.266 e. The number of nitrogens with one attached hydrogen (secondary N) is 1. The summed E-state index contributed by atoms with van der Waals surface area (Å²) in [6, 6.07) is 11.5. The molecule has 0 saturated carbocycles. The topological polar surface area (TPSA) is 89.5 Å². The lowest BCUT2D eigenvalue weighted by atomic mass is 10.2. The summed E-state index contributed by atoms with van der Waals surface area (Å²) in [4.78, 5) is 37.4. The molecule has 0 atom stereocenters.